The van der Waals surface area contributed by atoms with Crippen LogP contribution in [0.5, 0.6) is 0 Å². The second-order valence-corrected chi connectivity index (χ2v) is 5.87. The van der Waals surface area contributed by atoms with Crippen LogP contribution in [0.1, 0.15) is 10.5 Å². The number of nitrogens with zero attached hydrogens (tertiary/aromatic N) is 4. The Morgan fingerprint density at radius 2 is 2.26 bits per heavy atom. The lowest BCUT2D eigenvalue weighted by Gasteiger charge is -2.17. The molecule has 3 rings (SSSR count). The molecule has 0 radical (unpaired) electrons. The summed E-state index contributed by atoms with van der Waals surface area (Å²) in [5.74, 6) is -0.186. The van der Waals surface area contributed by atoms with Gasteiger partial charge in [-0.1, -0.05) is 6.07 Å². The molecule has 116 valence electrons. The SMILES string of the molecule is N#C[C@@H]1CSCN1C(=O)c1nn(-c2cccc(F)c2)ccc1=O. The predicted octanol–water partition coefficient (Wildman–Crippen LogP) is 1.41. The number of benzene rings is 1. The van der Waals surface area contributed by atoms with Crippen LogP contribution in [0.2, 0.25) is 0 Å². The topological polar surface area (TPSA) is 79.0 Å². The third-order valence-corrected chi connectivity index (χ3v) is 4.39. The Bertz CT molecular complexity index is 861. The number of aromatic nitrogens is 2. The van der Waals surface area contributed by atoms with E-state index in [9.17, 15) is 14.0 Å². The Kier molecular flexibility index (Phi) is 4.12. The number of carbonyl (C=O) groups is 1. The minimum Gasteiger partial charge on any atom is -0.311 e. The highest BCUT2D eigenvalue weighted by molar-refractivity contribution is 7.99. The largest absolute Gasteiger partial charge is 0.311 e. The lowest BCUT2D eigenvalue weighted by atomic mass is 10.2. The van der Waals surface area contributed by atoms with E-state index in [-0.39, 0.29) is 5.69 Å². The molecule has 1 aliphatic rings. The third kappa shape index (κ3) is 2.96. The fourth-order valence-electron chi connectivity index (χ4n) is 2.20. The van der Waals surface area contributed by atoms with Gasteiger partial charge in [0.05, 0.1) is 17.6 Å². The van der Waals surface area contributed by atoms with E-state index in [1.165, 1.54) is 51.8 Å². The molecule has 6 nitrogen and oxygen atoms in total. The average Bonchev–Trinajstić information content (AvgIpc) is 3.03. The number of nitriles is 1. The van der Waals surface area contributed by atoms with Gasteiger partial charge in [0.25, 0.3) is 5.91 Å². The summed E-state index contributed by atoms with van der Waals surface area (Å²) in [4.78, 5) is 25.8. The van der Waals surface area contributed by atoms with E-state index in [0.717, 1.165) is 0 Å². The van der Waals surface area contributed by atoms with Crippen molar-refractivity contribution < 1.29 is 9.18 Å². The Labute approximate surface area is 135 Å². The fourth-order valence-corrected chi connectivity index (χ4v) is 3.28. The maximum Gasteiger partial charge on any atom is 0.280 e. The van der Waals surface area contributed by atoms with Crippen LogP contribution in [0.3, 0.4) is 0 Å². The maximum atomic E-state index is 13.3. The van der Waals surface area contributed by atoms with E-state index in [2.05, 4.69) is 5.10 Å². The molecule has 0 saturated carbocycles. The van der Waals surface area contributed by atoms with Gasteiger partial charge in [-0.25, -0.2) is 9.07 Å². The molecule has 0 unspecified atom stereocenters. The molecule has 8 heteroatoms. The van der Waals surface area contributed by atoms with Crippen molar-refractivity contribution in [3.05, 3.63) is 58.3 Å². The van der Waals surface area contributed by atoms with Crippen LogP contribution in [0, 0.1) is 17.1 Å². The molecule has 1 fully saturated rings. The lowest BCUT2D eigenvalue weighted by molar-refractivity contribution is 0.0766. The van der Waals surface area contributed by atoms with Crippen molar-refractivity contribution in [3.63, 3.8) is 0 Å². The number of hydrogen-bond acceptors (Lipinski definition) is 5. The summed E-state index contributed by atoms with van der Waals surface area (Å²) in [6, 6.07) is 8.32. The first-order valence-corrected chi connectivity index (χ1v) is 7.90. The molecule has 1 aromatic carbocycles. The van der Waals surface area contributed by atoms with Crippen LogP contribution in [-0.2, 0) is 0 Å². The van der Waals surface area contributed by atoms with Crippen LogP contribution in [0.25, 0.3) is 5.69 Å². The van der Waals surface area contributed by atoms with Crippen molar-refractivity contribution in [2.24, 2.45) is 0 Å². The normalized spacial score (nSPS) is 17.0. The molecule has 1 saturated heterocycles. The molecule has 0 N–H and O–H groups in total. The smallest absolute Gasteiger partial charge is 0.280 e. The highest BCUT2D eigenvalue weighted by Crippen LogP contribution is 2.21. The van der Waals surface area contributed by atoms with E-state index < -0.39 is 23.2 Å². The Morgan fingerprint density at radius 3 is 3.00 bits per heavy atom. The predicted molar refractivity (Wildman–Crippen MR) is 82.7 cm³/mol. The first-order valence-electron chi connectivity index (χ1n) is 6.74. The molecule has 0 bridgehead atoms. The summed E-state index contributed by atoms with van der Waals surface area (Å²) in [6.07, 6.45) is 1.37. The van der Waals surface area contributed by atoms with Gasteiger partial charge in [-0.05, 0) is 18.2 Å². The minimum atomic E-state index is -0.586. The number of rotatable bonds is 2. The monoisotopic (exact) mass is 330 g/mol. The van der Waals surface area contributed by atoms with Crippen molar-refractivity contribution >= 4 is 17.7 Å². The summed E-state index contributed by atoms with van der Waals surface area (Å²) >= 11 is 1.44. The van der Waals surface area contributed by atoms with Crippen LogP contribution >= 0.6 is 11.8 Å². The summed E-state index contributed by atoms with van der Waals surface area (Å²) in [5.41, 5.74) is -0.414. The number of carbonyl (C=O) groups excluding carboxylic acids is 1. The summed E-state index contributed by atoms with van der Waals surface area (Å²) in [7, 11) is 0. The van der Waals surface area contributed by atoms with Crippen LogP contribution in [-0.4, -0.2) is 38.3 Å². The average molecular weight is 330 g/mol. The van der Waals surface area contributed by atoms with Crippen molar-refractivity contribution in [1.29, 1.82) is 5.26 Å². The first kappa shape index (κ1) is 15.2. The zero-order chi connectivity index (χ0) is 16.4. The minimum absolute atomic E-state index is 0.278. The lowest BCUT2D eigenvalue weighted by Crippen LogP contribution is -2.39. The molecule has 23 heavy (non-hydrogen) atoms. The van der Waals surface area contributed by atoms with Gasteiger partial charge in [0.2, 0.25) is 5.43 Å². The molecule has 2 aromatic rings. The Hall–Kier alpha value is -2.66. The zero-order valence-corrected chi connectivity index (χ0v) is 12.7. The van der Waals surface area contributed by atoms with Gasteiger partial charge in [0, 0.05) is 18.0 Å². The molecular weight excluding hydrogens is 319 g/mol. The third-order valence-electron chi connectivity index (χ3n) is 3.38. The zero-order valence-electron chi connectivity index (χ0n) is 11.8. The molecule has 2 heterocycles. The Morgan fingerprint density at radius 1 is 1.43 bits per heavy atom. The van der Waals surface area contributed by atoms with Gasteiger partial charge in [-0.3, -0.25) is 9.59 Å². The van der Waals surface area contributed by atoms with Gasteiger partial charge in [-0.15, -0.1) is 11.8 Å². The van der Waals surface area contributed by atoms with Crippen molar-refractivity contribution in [2.75, 3.05) is 11.6 Å². The second-order valence-electron chi connectivity index (χ2n) is 4.87. The van der Waals surface area contributed by atoms with E-state index in [1.54, 1.807) is 6.07 Å². The second kappa shape index (κ2) is 6.22. The highest BCUT2D eigenvalue weighted by atomic mass is 32.2. The van der Waals surface area contributed by atoms with E-state index in [4.69, 9.17) is 5.26 Å². The molecule has 1 atom stereocenters. The number of thioether (sulfide) groups is 1. The standard InChI is InChI=1S/C15H11FN4O2S/c16-10-2-1-3-11(6-10)20-5-4-13(21)14(18-20)15(22)19-9-23-8-12(19)7-17/h1-6,12H,8-9H2/t12-/m1/s1. The Balaban J connectivity index is 2.00. The molecule has 1 amide bonds. The summed E-state index contributed by atoms with van der Waals surface area (Å²) in [5, 5.41) is 13.1. The first-order chi connectivity index (χ1) is 11.1. The van der Waals surface area contributed by atoms with Crippen molar-refractivity contribution in [3.8, 4) is 11.8 Å². The van der Waals surface area contributed by atoms with Gasteiger partial charge < -0.3 is 4.90 Å². The van der Waals surface area contributed by atoms with Crippen LogP contribution in [0.15, 0.2) is 41.3 Å². The number of hydrogen-bond donors (Lipinski definition) is 0. The van der Waals surface area contributed by atoms with Gasteiger partial charge in [-0.2, -0.15) is 10.4 Å². The maximum absolute atomic E-state index is 13.3. The molecule has 0 aliphatic carbocycles. The van der Waals surface area contributed by atoms with Crippen LogP contribution in [0.4, 0.5) is 4.39 Å². The molecule has 0 spiro atoms. The van der Waals surface area contributed by atoms with Gasteiger partial charge >= 0.3 is 0 Å². The van der Waals surface area contributed by atoms with E-state index >= 15 is 0 Å². The quantitative estimate of drug-likeness (QED) is 0.832. The summed E-state index contributed by atoms with van der Waals surface area (Å²) < 4.78 is 14.6. The number of halogens is 1. The van der Waals surface area contributed by atoms with Gasteiger partial charge in [0.15, 0.2) is 5.69 Å². The van der Waals surface area contributed by atoms with Crippen molar-refractivity contribution in [2.45, 2.75) is 6.04 Å². The fraction of sp³-hybridized carbons (Fsp3) is 0.200. The van der Waals surface area contributed by atoms with Crippen molar-refractivity contribution in [1.82, 2.24) is 14.7 Å². The highest BCUT2D eigenvalue weighted by Gasteiger charge is 2.32. The molecule has 1 aliphatic heterocycles. The molecule has 1 aromatic heterocycles. The van der Waals surface area contributed by atoms with Crippen LogP contribution < -0.4 is 5.43 Å². The van der Waals surface area contributed by atoms with Gasteiger partial charge in [0.1, 0.15) is 11.9 Å². The molecular formula is C15H11FN4O2S. The summed E-state index contributed by atoms with van der Waals surface area (Å²) in [6.45, 7) is 0. The van der Waals surface area contributed by atoms with E-state index in [0.29, 0.717) is 17.3 Å². The van der Waals surface area contributed by atoms with E-state index in [1.807, 2.05) is 6.07 Å². The number of amides is 1.